The van der Waals surface area contributed by atoms with Crippen LogP contribution in [-0.2, 0) is 14.3 Å². The second-order valence-corrected chi connectivity index (χ2v) is 3.15. The van der Waals surface area contributed by atoms with Crippen LogP contribution < -0.4 is 5.48 Å². The summed E-state index contributed by atoms with van der Waals surface area (Å²) in [4.78, 5) is 5.04. The molecule has 2 N–H and O–H groups in total. The van der Waals surface area contributed by atoms with E-state index >= 15 is 0 Å². The molecule has 0 bridgehead atoms. The fourth-order valence-electron chi connectivity index (χ4n) is 1.48. The second kappa shape index (κ2) is 4.00. The van der Waals surface area contributed by atoms with Crippen molar-refractivity contribution in [1.82, 2.24) is 5.48 Å². The van der Waals surface area contributed by atoms with E-state index in [-0.39, 0.29) is 12.7 Å². The van der Waals surface area contributed by atoms with Gasteiger partial charge in [-0.15, -0.1) is 6.58 Å². The third-order valence-electron chi connectivity index (χ3n) is 2.12. The molecule has 0 aliphatic carbocycles. The van der Waals surface area contributed by atoms with E-state index in [0.717, 1.165) is 5.70 Å². The molecule has 0 aromatic carbocycles. The lowest BCUT2D eigenvalue weighted by molar-refractivity contribution is 0.0158. The number of hydrogen-bond acceptors (Lipinski definition) is 5. The van der Waals surface area contributed by atoms with Crippen molar-refractivity contribution < 1.29 is 19.4 Å². The molecule has 0 radical (unpaired) electrons. The van der Waals surface area contributed by atoms with Crippen LogP contribution in [0.5, 0.6) is 0 Å². The van der Waals surface area contributed by atoms with E-state index in [1.165, 1.54) is 0 Å². The zero-order valence-corrected chi connectivity index (χ0v) is 7.73. The van der Waals surface area contributed by atoms with Gasteiger partial charge in [-0.3, -0.25) is 10.3 Å². The third-order valence-corrected chi connectivity index (χ3v) is 2.12. The van der Waals surface area contributed by atoms with Crippen LogP contribution in [0.2, 0.25) is 0 Å². The van der Waals surface area contributed by atoms with Gasteiger partial charge in [0.25, 0.3) is 0 Å². The Balaban J connectivity index is 1.95. The van der Waals surface area contributed by atoms with Crippen molar-refractivity contribution in [2.45, 2.75) is 12.2 Å². The summed E-state index contributed by atoms with van der Waals surface area (Å²) < 4.78 is 10.6. The Morgan fingerprint density at radius 3 is 3.36 bits per heavy atom. The van der Waals surface area contributed by atoms with Crippen molar-refractivity contribution in [1.29, 1.82) is 0 Å². The molecule has 5 heteroatoms. The van der Waals surface area contributed by atoms with E-state index in [2.05, 4.69) is 12.1 Å². The smallest absolute Gasteiger partial charge is 0.151 e. The second-order valence-electron chi connectivity index (χ2n) is 3.15. The van der Waals surface area contributed by atoms with Gasteiger partial charge in [-0.25, -0.2) is 0 Å². The lowest BCUT2D eigenvalue weighted by Gasteiger charge is -2.06. The SMILES string of the molecule is C=CCONC1=C2OCC(O)C2OC1. The molecule has 14 heavy (non-hydrogen) atoms. The van der Waals surface area contributed by atoms with E-state index in [9.17, 15) is 5.11 Å². The maximum absolute atomic E-state index is 9.42. The standard InChI is InChI=1S/C9H13NO4/c1-2-3-14-10-6-4-12-9-7(11)5-13-8(6)9/h2,7,9-11H,1,3-5H2. The number of rotatable bonds is 4. The zero-order chi connectivity index (χ0) is 9.97. The molecule has 2 aliphatic rings. The van der Waals surface area contributed by atoms with Crippen LogP contribution in [0.15, 0.2) is 24.1 Å². The molecule has 2 rings (SSSR count). The van der Waals surface area contributed by atoms with E-state index in [1.54, 1.807) is 6.08 Å². The Morgan fingerprint density at radius 2 is 2.57 bits per heavy atom. The lowest BCUT2D eigenvalue weighted by Crippen LogP contribution is -2.22. The topological polar surface area (TPSA) is 60.0 Å². The van der Waals surface area contributed by atoms with Gasteiger partial charge in [-0.2, -0.15) is 0 Å². The molecular weight excluding hydrogens is 186 g/mol. The van der Waals surface area contributed by atoms with Crippen molar-refractivity contribution in [2.24, 2.45) is 0 Å². The molecule has 1 fully saturated rings. The maximum atomic E-state index is 9.42. The molecule has 0 saturated carbocycles. The van der Waals surface area contributed by atoms with Gasteiger partial charge < -0.3 is 14.6 Å². The van der Waals surface area contributed by atoms with Gasteiger partial charge in [0.2, 0.25) is 0 Å². The zero-order valence-electron chi connectivity index (χ0n) is 7.73. The summed E-state index contributed by atoms with van der Waals surface area (Å²) in [6.07, 6.45) is 0.740. The fraction of sp³-hybridized carbons (Fsp3) is 0.556. The van der Waals surface area contributed by atoms with Gasteiger partial charge in [0.1, 0.15) is 24.5 Å². The Bertz CT molecular complexity index is 264. The minimum absolute atomic E-state index is 0.284. The van der Waals surface area contributed by atoms with Gasteiger partial charge in [0, 0.05) is 0 Å². The fourth-order valence-corrected chi connectivity index (χ4v) is 1.48. The molecule has 2 atom stereocenters. The molecule has 2 unspecified atom stereocenters. The van der Waals surface area contributed by atoms with Crippen LogP contribution in [0.25, 0.3) is 0 Å². The van der Waals surface area contributed by atoms with Gasteiger partial charge in [-0.1, -0.05) is 6.08 Å². The summed E-state index contributed by atoms with van der Waals surface area (Å²) in [6.45, 7) is 4.59. The monoisotopic (exact) mass is 199 g/mol. The largest absolute Gasteiger partial charge is 0.490 e. The number of ether oxygens (including phenoxy) is 2. The molecule has 2 aliphatic heterocycles. The maximum Gasteiger partial charge on any atom is 0.151 e. The summed E-state index contributed by atoms with van der Waals surface area (Å²) >= 11 is 0. The molecule has 0 aromatic rings. The highest BCUT2D eigenvalue weighted by atomic mass is 16.7. The molecule has 2 heterocycles. The number of hydroxylamine groups is 1. The minimum Gasteiger partial charge on any atom is -0.490 e. The van der Waals surface area contributed by atoms with Crippen molar-refractivity contribution in [3.63, 3.8) is 0 Å². The molecule has 0 aromatic heterocycles. The van der Waals surface area contributed by atoms with E-state index in [4.69, 9.17) is 14.3 Å². The van der Waals surface area contributed by atoms with Crippen LogP contribution in [0, 0.1) is 0 Å². The van der Waals surface area contributed by atoms with Crippen molar-refractivity contribution in [2.75, 3.05) is 19.8 Å². The molecule has 1 saturated heterocycles. The van der Waals surface area contributed by atoms with Crippen LogP contribution in [0.4, 0.5) is 0 Å². The molecule has 5 nitrogen and oxygen atoms in total. The first-order valence-electron chi connectivity index (χ1n) is 4.47. The molecular formula is C9H13NO4. The van der Waals surface area contributed by atoms with E-state index < -0.39 is 6.10 Å². The molecule has 78 valence electrons. The number of aliphatic hydroxyl groups is 1. The van der Waals surface area contributed by atoms with Gasteiger partial charge in [0.15, 0.2) is 5.76 Å². The van der Waals surface area contributed by atoms with E-state index in [1.807, 2.05) is 0 Å². The first kappa shape index (κ1) is 9.51. The Labute approximate surface area is 81.9 Å². The molecule has 0 amide bonds. The predicted molar refractivity (Wildman–Crippen MR) is 48.0 cm³/mol. The van der Waals surface area contributed by atoms with E-state index in [0.29, 0.717) is 19.0 Å². The number of fused-ring (bicyclic) bond motifs is 1. The summed E-state index contributed by atoms with van der Waals surface area (Å²) in [7, 11) is 0. The first-order valence-corrected chi connectivity index (χ1v) is 4.47. The number of hydrogen-bond donors (Lipinski definition) is 2. The third kappa shape index (κ3) is 1.61. The summed E-state index contributed by atoms with van der Waals surface area (Å²) in [6, 6.07) is 0. The average Bonchev–Trinajstić information content (AvgIpc) is 2.72. The number of nitrogens with one attached hydrogen (secondary N) is 1. The van der Waals surface area contributed by atoms with Gasteiger partial charge >= 0.3 is 0 Å². The Morgan fingerprint density at radius 1 is 1.71 bits per heavy atom. The van der Waals surface area contributed by atoms with Crippen molar-refractivity contribution in [3.05, 3.63) is 24.1 Å². The average molecular weight is 199 g/mol. The summed E-state index contributed by atoms with van der Waals surface area (Å²) in [5.41, 5.74) is 3.47. The summed E-state index contributed by atoms with van der Waals surface area (Å²) in [5.74, 6) is 0.654. The summed E-state index contributed by atoms with van der Waals surface area (Å²) in [5, 5.41) is 9.42. The van der Waals surface area contributed by atoms with Gasteiger partial charge in [-0.05, 0) is 0 Å². The van der Waals surface area contributed by atoms with Crippen molar-refractivity contribution in [3.8, 4) is 0 Å². The predicted octanol–water partition coefficient (Wildman–Crippen LogP) is -0.305. The minimum atomic E-state index is -0.566. The highest BCUT2D eigenvalue weighted by Gasteiger charge is 2.40. The van der Waals surface area contributed by atoms with Gasteiger partial charge in [0.05, 0.1) is 13.2 Å². The number of aliphatic hydroxyl groups excluding tert-OH is 1. The van der Waals surface area contributed by atoms with Crippen LogP contribution >= 0.6 is 0 Å². The Kier molecular flexibility index (Phi) is 2.72. The highest BCUT2D eigenvalue weighted by molar-refractivity contribution is 5.20. The normalized spacial score (nSPS) is 30.1. The van der Waals surface area contributed by atoms with Crippen LogP contribution in [-0.4, -0.2) is 37.1 Å². The Hall–Kier alpha value is -1.04. The molecule has 0 spiro atoms. The van der Waals surface area contributed by atoms with Crippen LogP contribution in [0.1, 0.15) is 0 Å². The highest BCUT2D eigenvalue weighted by Crippen LogP contribution is 2.29. The quantitative estimate of drug-likeness (QED) is 0.369. The lowest BCUT2D eigenvalue weighted by atomic mass is 10.2. The first-order chi connectivity index (χ1) is 6.83. The van der Waals surface area contributed by atoms with Crippen molar-refractivity contribution >= 4 is 0 Å². The van der Waals surface area contributed by atoms with Crippen LogP contribution in [0.3, 0.4) is 0 Å².